The van der Waals surface area contributed by atoms with Gasteiger partial charge in [0.1, 0.15) is 0 Å². The monoisotopic (exact) mass is 161 g/mol. The lowest BCUT2D eigenvalue weighted by Gasteiger charge is -1.92. The third-order valence-electron chi connectivity index (χ3n) is 0.838. The van der Waals surface area contributed by atoms with E-state index in [0.29, 0.717) is 6.61 Å². The lowest BCUT2D eigenvalue weighted by Crippen LogP contribution is -1.95. The molecule has 0 aliphatic rings. The maximum absolute atomic E-state index is 10.5. The number of nitrogen functional groups attached to an aromatic ring is 1. The van der Waals surface area contributed by atoms with Gasteiger partial charge < -0.3 is 15.0 Å². The molecule has 0 bridgehead atoms. The Bertz CT molecular complexity index is 224. The third-order valence-corrected chi connectivity index (χ3v) is 1.51. The summed E-state index contributed by atoms with van der Waals surface area (Å²) < 4.78 is 22.3. The second kappa shape index (κ2) is 2.80. The van der Waals surface area contributed by atoms with Crippen molar-refractivity contribution in [3.63, 3.8) is 0 Å². The number of hydrogen-bond acceptors (Lipinski definition) is 5. The van der Waals surface area contributed by atoms with Crippen LogP contribution in [-0.2, 0) is 0 Å². The van der Waals surface area contributed by atoms with Crippen molar-refractivity contribution < 1.29 is 9.29 Å². The highest BCUT2D eigenvalue weighted by Crippen LogP contribution is 2.20. The van der Waals surface area contributed by atoms with Crippen LogP contribution in [0.25, 0.3) is 0 Å². The van der Waals surface area contributed by atoms with Gasteiger partial charge in [-0.3, -0.25) is 0 Å². The maximum atomic E-state index is 10.5. The minimum atomic E-state index is -1.56. The van der Waals surface area contributed by atoms with Crippen molar-refractivity contribution in [2.24, 2.45) is 0 Å². The number of hydrogen-bond donors (Lipinski definition) is 1. The summed E-state index contributed by atoms with van der Waals surface area (Å²) in [5.41, 5.74) is 5.26. The van der Waals surface area contributed by atoms with Crippen molar-refractivity contribution in [1.29, 1.82) is 0 Å². The normalized spacial score (nSPS) is 11.6. The van der Waals surface area contributed by atoms with E-state index in [1.165, 1.54) is 0 Å². The predicted octanol–water partition coefficient (Wildman–Crippen LogP) is 0.185. The minimum absolute atomic E-state index is 0.111. The van der Waals surface area contributed by atoms with Crippen molar-refractivity contribution >= 4 is 17.0 Å². The van der Waals surface area contributed by atoms with Gasteiger partial charge in [-0.25, -0.2) is 0 Å². The molecule has 1 unspecified atom stereocenters. The Balaban J connectivity index is 2.81. The SMILES string of the molecule is CCOc1n[s+]([O-])nc1N. The Kier molecular flexibility index (Phi) is 2.03. The first-order chi connectivity index (χ1) is 4.74. The van der Waals surface area contributed by atoms with Crippen molar-refractivity contribution in [2.45, 2.75) is 6.92 Å². The molecule has 0 saturated heterocycles. The van der Waals surface area contributed by atoms with Crippen LogP contribution in [0.3, 0.4) is 0 Å². The second-order valence-electron chi connectivity index (χ2n) is 1.54. The fourth-order valence-corrected chi connectivity index (χ4v) is 1.07. The molecule has 1 aromatic heterocycles. The molecule has 0 amide bonds. The molecule has 0 radical (unpaired) electrons. The van der Waals surface area contributed by atoms with Gasteiger partial charge in [0, 0.05) is 8.75 Å². The smallest absolute Gasteiger partial charge is 0.317 e. The Morgan fingerprint density at radius 3 is 2.80 bits per heavy atom. The van der Waals surface area contributed by atoms with Crippen molar-refractivity contribution in [1.82, 2.24) is 8.75 Å². The quantitative estimate of drug-likeness (QED) is 0.625. The summed E-state index contributed by atoms with van der Waals surface area (Å²) in [4.78, 5) is 0. The summed E-state index contributed by atoms with van der Waals surface area (Å²) >= 11 is -1.56. The van der Waals surface area contributed by atoms with Crippen LogP contribution < -0.4 is 10.5 Å². The first-order valence-corrected chi connectivity index (χ1v) is 3.78. The predicted molar refractivity (Wildman–Crippen MR) is 36.3 cm³/mol. The summed E-state index contributed by atoms with van der Waals surface area (Å²) in [7, 11) is 0. The lowest BCUT2D eigenvalue weighted by molar-refractivity contribution is 0.331. The van der Waals surface area contributed by atoms with Gasteiger partial charge in [-0.1, -0.05) is 0 Å². The maximum Gasteiger partial charge on any atom is 0.317 e. The molecule has 0 aliphatic carbocycles. The summed E-state index contributed by atoms with van der Waals surface area (Å²) in [6.07, 6.45) is 0. The molecule has 6 heteroatoms. The summed E-state index contributed by atoms with van der Waals surface area (Å²) in [6.45, 7) is 2.24. The van der Waals surface area contributed by atoms with Gasteiger partial charge in [0.15, 0.2) is 11.1 Å². The lowest BCUT2D eigenvalue weighted by atomic mass is 10.7. The van der Waals surface area contributed by atoms with Crippen LogP contribution in [0.15, 0.2) is 0 Å². The summed E-state index contributed by atoms with van der Waals surface area (Å²) in [6, 6.07) is 0. The average molecular weight is 161 g/mol. The van der Waals surface area contributed by atoms with Crippen LogP contribution in [0.5, 0.6) is 5.88 Å². The highest BCUT2D eigenvalue weighted by atomic mass is 32.2. The van der Waals surface area contributed by atoms with Crippen molar-refractivity contribution in [3.05, 3.63) is 0 Å². The number of nitrogens with two attached hydrogens (primary N) is 1. The molecule has 0 saturated carbocycles. The molecule has 0 spiro atoms. The van der Waals surface area contributed by atoms with E-state index in [1.807, 2.05) is 0 Å². The first kappa shape index (κ1) is 7.23. The summed E-state index contributed by atoms with van der Waals surface area (Å²) in [5.74, 6) is 0.293. The second-order valence-corrected chi connectivity index (χ2v) is 2.36. The van der Waals surface area contributed by atoms with Gasteiger partial charge in [-0.15, -0.1) is 0 Å². The average Bonchev–Trinajstić information content (AvgIpc) is 2.13. The van der Waals surface area contributed by atoms with Crippen LogP contribution in [-0.4, -0.2) is 19.9 Å². The van der Waals surface area contributed by atoms with Crippen LogP contribution in [0.1, 0.15) is 6.92 Å². The molecular weight excluding hydrogens is 154 g/mol. The van der Waals surface area contributed by atoms with E-state index in [2.05, 4.69) is 8.75 Å². The van der Waals surface area contributed by atoms with E-state index in [1.54, 1.807) is 6.92 Å². The van der Waals surface area contributed by atoms with E-state index in [-0.39, 0.29) is 11.7 Å². The van der Waals surface area contributed by atoms with Gasteiger partial charge in [-0.2, -0.15) is 0 Å². The largest absolute Gasteiger partial charge is 0.546 e. The van der Waals surface area contributed by atoms with Crippen molar-refractivity contribution in [3.8, 4) is 5.88 Å². The fraction of sp³-hybridized carbons (Fsp3) is 0.500. The molecule has 1 rings (SSSR count). The zero-order valence-corrected chi connectivity index (χ0v) is 6.22. The molecule has 1 heterocycles. The number of aromatic nitrogens is 2. The molecule has 0 aliphatic heterocycles. The number of rotatable bonds is 2. The Labute approximate surface area is 60.9 Å². The molecule has 10 heavy (non-hydrogen) atoms. The van der Waals surface area contributed by atoms with Crippen LogP contribution >= 0.6 is 11.1 Å². The molecule has 56 valence electrons. The first-order valence-electron chi connectivity index (χ1n) is 2.72. The van der Waals surface area contributed by atoms with Crippen molar-refractivity contribution in [2.75, 3.05) is 12.3 Å². The molecule has 5 nitrogen and oxygen atoms in total. The van der Waals surface area contributed by atoms with Gasteiger partial charge >= 0.3 is 5.88 Å². The van der Waals surface area contributed by atoms with Gasteiger partial charge in [-0.05, 0) is 6.92 Å². The van der Waals surface area contributed by atoms with E-state index in [9.17, 15) is 4.55 Å². The molecule has 2 N–H and O–H groups in total. The van der Waals surface area contributed by atoms with E-state index in [4.69, 9.17) is 10.5 Å². The Morgan fingerprint density at radius 1 is 1.70 bits per heavy atom. The number of anilines is 1. The Morgan fingerprint density at radius 2 is 2.40 bits per heavy atom. The minimum Gasteiger partial charge on any atom is -0.546 e. The zero-order chi connectivity index (χ0) is 7.56. The number of ether oxygens (including phenoxy) is 1. The number of nitrogens with zero attached hydrogens (tertiary/aromatic N) is 2. The van der Waals surface area contributed by atoms with E-state index >= 15 is 0 Å². The topological polar surface area (TPSA) is 84.1 Å². The Hall–Kier alpha value is -0.880. The summed E-state index contributed by atoms with van der Waals surface area (Å²) in [5, 5.41) is 0. The van der Waals surface area contributed by atoms with Crippen LogP contribution in [0, 0.1) is 0 Å². The highest BCUT2D eigenvalue weighted by Gasteiger charge is 2.11. The molecular formula is C4H7N3O2S. The van der Waals surface area contributed by atoms with Crippen LogP contribution in [0.4, 0.5) is 5.82 Å². The van der Waals surface area contributed by atoms with E-state index < -0.39 is 11.1 Å². The van der Waals surface area contributed by atoms with E-state index in [0.717, 1.165) is 0 Å². The van der Waals surface area contributed by atoms with Gasteiger partial charge in [0.2, 0.25) is 5.82 Å². The van der Waals surface area contributed by atoms with Gasteiger partial charge in [0.25, 0.3) is 0 Å². The van der Waals surface area contributed by atoms with Gasteiger partial charge in [0.05, 0.1) is 6.61 Å². The molecule has 1 aromatic rings. The molecule has 0 aromatic carbocycles. The molecule has 0 fully saturated rings. The highest BCUT2D eigenvalue weighted by molar-refractivity contribution is 7.14. The fourth-order valence-electron chi connectivity index (χ4n) is 0.498. The third kappa shape index (κ3) is 1.34. The standard InChI is InChI=1S/C4H7N3O2S/c1-2-9-4-3(5)6-10(8)7-4/h2H2,1H3,(H2,5,6). The zero-order valence-electron chi connectivity index (χ0n) is 5.40. The molecule has 1 atom stereocenters. The van der Waals surface area contributed by atoms with Crippen LogP contribution in [0.2, 0.25) is 0 Å².